The molecule has 1 aromatic carbocycles. The smallest absolute Gasteiger partial charge is 0.244 e. The van der Waals surface area contributed by atoms with Gasteiger partial charge in [-0.1, -0.05) is 23.2 Å². The summed E-state index contributed by atoms with van der Waals surface area (Å²) in [6, 6.07) is 4.51. The Labute approximate surface area is 142 Å². The van der Waals surface area contributed by atoms with Gasteiger partial charge in [0.15, 0.2) is 0 Å². The second-order valence-electron chi connectivity index (χ2n) is 5.13. The van der Waals surface area contributed by atoms with Gasteiger partial charge in [-0.3, -0.25) is 0 Å². The van der Waals surface area contributed by atoms with Crippen LogP contribution in [-0.2, 0) is 10.0 Å². The van der Waals surface area contributed by atoms with E-state index in [1.54, 1.807) is 13.1 Å². The van der Waals surface area contributed by atoms with E-state index in [4.69, 9.17) is 23.2 Å². The van der Waals surface area contributed by atoms with E-state index >= 15 is 0 Å². The molecule has 1 fully saturated rings. The zero-order chi connectivity index (χ0) is 14.9. The number of hydrogen-bond donors (Lipinski definition) is 0. The molecule has 0 N–H and O–H groups in total. The highest BCUT2D eigenvalue weighted by atomic mass is 35.5. The molecule has 120 valence electrons. The third-order valence-electron chi connectivity index (χ3n) is 3.75. The van der Waals surface area contributed by atoms with E-state index in [0.717, 1.165) is 25.9 Å². The minimum absolute atomic E-state index is 0. The summed E-state index contributed by atoms with van der Waals surface area (Å²) in [4.78, 5) is 2.27. The number of nitrogens with zero attached hydrogens (tertiary/aromatic N) is 2. The number of piperidine rings is 1. The Morgan fingerprint density at radius 3 is 2.38 bits per heavy atom. The summed E-state index contributed by atoms with van der Waals surface area (Å²) >= 11 is 11.9. The first-order valence-electron chi connectivity index (χ1n) is 6.44. The van der Waals surface area contributed by atoms with Gasteiger partial charge in [0.1, 0.15) is 4.90 Å². The zero-order valence-corrected chi connectivity index (χ0v) is 15.1. The molecule has 0 saturated carbocycles. The Kier molecular flexibility index (Phi) is 6.78. The molecule has 1 aliphatic rings. The number of benzene rings is 1. The predicted molar refractivity (Wildman–Crippen MR) is 89.2 cm³/mol. The van der Waals surface area contributed by atoms with Crippen LogP contribution in [-0.4, -0.2) is 50.8 Å². The molecule has 0 aliphatic carbocycles. The number of halogens is 3. The number of sulfonamides is 1. The third kappa shape index (κ3) is 4.24. The highest BCUT2D eigenvalue weighted by Crippen LogP contribution is 2.29. The lowest BCUT2D eigenvalue weighted by molar-refractivity contribution is 0.197. The maximum Gasteiger partial charge on any atom is 0.244 e. The molecule has 0 atom stereocenters. The first kappa shape index (κ1) is 19.0. The molecular formula is C13H19Cl3N2O2S. The molecule has 0 radical (unpaired) electrons. The second kappa shape index (κ2) is 7.49. The molecule has 0 spiro atoms. The quantitative estimate of drug-likeness (QED) is 0.817. The van der Waals surface area contributed by atoms with Crippen molar-refractivity contribution in [1.29, 1.82) is 0 Å². The lowest BCUT2D eigenvalue weighted by Crippen LogP contribution is -2.44. The Morgan fingerprint density at radius 2 is 1.81 bits per heavy atom. The van der Waals surface area contributed by atoms with Crippen LogP contribution in [0.2, 0.25) is 10.0 Å². The van der Waals surface area contributed by atoms with Crippen molar-refractivity contribution in [2.45, 2.75) is 23.8 Å². The van der Waals surface area contributed by atoms with Gasteiger partial charge in [-0.15, -0.1) is 12.4 Å². The predicted octanol–water partition coefficient (Wildman–Crippen LogP) is 3.13. The molecule has 2 rings (SSSR count). The summed E-state index contributed by atoms with van der Waals surface area (Å²) in [5.41, 5.74) is 0. The van der Waals surface area contributed by atoms with Crippen LogP contribution in [0.25, 0.3) is 0 Å². The molecule has 21 heavy (non-hydrogen) atoms. The molecule has 0 unspecified atom stereocenters. The van der Waals surface area contributed by atoms with E-state index in [1.165, 1.54) is 16.4 Å². The molecule has 0 aromatic heterocycles. The van der Waals surface area contributed by atoms with Crippen molar-refractivity contribution in [2.24, 2.45) is 0 Å². The van der Waals surface area contributed by atoms with Crippen LogP contribution in [0.15, 0.2) is 23.1 Å². The van der Waals surface area contributed by atoms with E-state index in [2.05, 4.69) is 4.90 Å². The van der Waals surface area contributed by atoms with Gasteiger partial charge < -0.3 is 4.90 Å². The summed E-state index contributed by atoms with van der Waals surface area (Å²) in [6.07, 6.45) is 1.65. The molecule has 8 heteroatoms. The molecule has 0 bridgehead atoms. The van der Waals surface area contributed by atoms with Gasteiger partial charge in [-0.2, -0.15) is 4.31 Å². The molecule has 1 saturated heterocycles. The van der Waals surface area contributed by atoms with Crippen LogP contribution >= 0.6 is 35.6 Å². The highest BCUT2D eigenvalue weighted by Gasteiger charge is 2.31. The van der Waals surface area contributed by atoms with E-state index < -0.39 is 10.0 Å². The fourth-order valence-corrected chi connectivity index (χ4v) is 4.54. The average molecular weight is 374 g/mol. The van der Waals surface area contributed by atoms with Crippen LogP contribution < -0.4 is 0 Å². The minimum atomic E-state index is -3.61. The van der Waals surface area contributed by atoms with Crippen LogP contribution in [0.3, 0.4) is 0 Å². The fourth-order valence-electron chi connectivity index (χ4n) is 2.38. The summed E-state index contributed by atoms with van der Waals surface area (Å²) in [5.74, 6) is 0. The summed E-state index contributed by atoms with van der Waals surface area (Å²) in [5, 5.41) is 0.568. The van der Waals surface area contributed by atoms with Crippen molar-refractivity contribution < 1.29 is 8.42 Å². The van der Waals surface area contributed by atoms with Crippen molar-refractivity contribution in [3.8, 4) is 0 Å². The molecular weight excluding hydrogens is 355 g/mol. The van der Waals surface area contributed by atoms with Crippen LogP contribution in [0.1, 0.15) is 12.8 Å². The second-order valence-corrected chi connectivity index (χ2v) is 7.94. The molecule has 4 nitrogen and oxygen atoms in total. The zero-order valence-electron chi connectivity index (χ0n) is 11.9. The molecule has 0 amide bonds. The van der Waals surface area contributed by atoms with Gasteiger partial charge in [0.25, 0.3) is 0 Å². The van der Waals surface area contributed by atoms with Crippen molar-refractivity contribution in [3.63, 3.8) is 0 Å². The number of likely N-dealkylation sites (tertiary alicyclic amines) is 1. The average Bonchev–Trinajstić information content (AvgIpc) is 2.41. The van der Waals surface area contributed by atoms with Gasteiger partial charge in [-0.25, -0.2) is 8.42 Å². The summed E-state index contributed by atoms with van der Waals surface area (Å²) < 4.78 is 26.7. The normalized spacial score (nSPS) is 17.8. The Bertz CT molecular complexity index is 587. The summed E-state index contributed by atoms with van der Waals surface area (Å²) in [7, 11) is 0.0430. The van der Waals surface area contributed by atoms with Crippen LogP contribution in [0.5, 0.6) is 0 Å². The Balaban J connectivity index is 0.00000220. The third-order valence-corrected chi connectivity index (χ3v) is 6.38. The van der Waals surface area contributed by atoms with E-state index in [0.29, 0.717) is 5.02 Å². The van der Waals surface area contributed by atoms with Crippen LogP contribution in [0.4, 0.5) is 0 Å². The number of hydrogen-bond acceptors (Lipinski definition) is 3. The lowest BCUT2D eigenvalue weighted by Gasteiger charge is -2.34. The maximum atomic E-state index is 12.7. The summed E-state index contributed by atoms with van der Waals surface area (Å²) in [6.45, 7) is 1.79. The van der Waals surface area contributed by atoms with Crippen molar-refractivity contribution >= 4 is 45.6 Å². The first-order valence-corrected chi connectivity index (χ1v) is 8.63. The van der Waals surface area contributed by atoms with E-state index in [1.807, 2.05) is 7.05 Å². The van der Waals surface area contributed by atoms with Gasteiger partial charge in [-0.05, 0) is 51.2 Å². The van der Waals surface area contributed by atoms with Crippen molar-refractivity contribution in [1.82, 2.24) is 9.21 Å². The van der Waals surface area contributed by atoms with Gasteiger partial charge >= 0.3 is 0 Å². The topological polar surface area (TPSA) is 40.6 Å². The van der Waals surface area contributed by atoms with E-state index in [-0.39, 0.29) is 28.4 Å². The van der Waals surface area contributed by atoms with Gasteiger partial charge in [0.05, 0.1) is 5.02 Å². The largest absolute Gasteiger partial charge is 0.306 e. The van der Waals surface area contributed by atoms with Gasteiger partial charge in [0.2, 0.25) is 10.0 Å². The van der Waals surface area contributed by atoms with Crippen LogP contribution in [0, 0.1) is 0 Å². The molecule has 1 aromatic rings. The van der Waals surface area contributed by atoms with Crippen molar-refractivity contribution in [3.05, 3.63) is 28.2 Å². The molecule has 1 heterocycles. The fraction of sp³-hybridized carbons (Fsp3) is 0.538. The number of rotatable bonds is 3. The maximum absolute atomic E-state index is 12.7. The van der Waals surface area contributed by atoms with Gasteiger partial charge in [0, 0.05) is 18.1 Å². The standard InChI is InChI=1S/C13H18Cl2N2O2S.ClH/c1-16-7-5-11(6-8-16)17(2)20(18,19)13-9-10(14)3-4-12(13)15;/h3-4,9,11H,5-8H2,1-2H3;1H. The van der Waals surface area contributed by atoms with Crippen molar-refractivity contribution in [2.75, 3.05) is 27.2 Å². The SMILES string of the molecule is CN1CCC(N(C)S(=O)(=O)c2cc(Cl)ccc2Cl)CC1.Cl. The minimum Gasteiger partial charge on any atom is -0.306 e. The highest BCUT2D eigenvalue weighted by molar-refractivity contribution is 7.89. The Morgan fingerprint density at radius 1 is 1.24 bits per heavy atom. The molecule has 1 aliphatic heterocycles. The lowest BCUT2D eigenvalue weighted by atomic mass is 10.1. The Hall–Kier alpha value is -0.0400. The van der Waals surface area contributed by atoms with E-state index in [9.17, 15) is 8.42 Å². The monoisotopic (exact) mass is 372 g/mol. The first-order chi connectivity index (χ1) is 9.32.